The molecule has 3 aliphatic rings. The Labute approximate surface area is 315 Å². The fourth-order valence-corrected chi connectivity index (χ4v) is 9.10. The van der Waals surface area contributed by atoms with E-state index in [1.54, 1.807) is 59.6 Å². The third-order valence-electron chi connectivity index (χ3n) is 10.1. The van der Waals surface area contributed by atoms with Crippen molar-refractivity contribution in [1.82, 2.24) is 4.98 Å². The zero-order valence-electron chi connectivity index (χ0n) is 28.4. The van der Waals surface area contributed by atoms with Crippen LogP contribution in [0.1, 0.15) is 54.4 Å². The average Bonchev–Trinajstić information content (AvgIpc) is 3.38. The molecule has 3 amide bonds. The van der Waals surface area contributed by atoms with Crippen LogP contribution in [0.4, 0.5) is 22.9 Å². The number of nitrogens with zero attached hydrogens (tertiary/aromatic N) is 3. The molecule has 12 heteroatoms. The van der Waals surface area contributed by atoms with Crippen LogP contribution in [0.25, 0.3) is 10.4 Å². The van der Waals surface area contributed by atoms with Crippen molar-refractivity contribution in [2.45, 2.75) is 26.2 Å². The Morgan fingerprint density at radius 1 is 0.904 bits per heavy atom. The summed E-state index contributed by atoms with van der Waals surface area (Å²) in [6.07, 6.45) is 4.31. The van der Waals surface area contributed by atoms with Gasteiger partial charge < -0.3 is 25.2 Å². The van der Waals surface area contributed by atoms with Crippen LogP contribution in [0, 0.1) is 12.3 Å². The number of ether oxygens (including phenoxy) is 1. The highest BCUT2D eigenvalue weighted by Crippen LogP contribution is 2.46. The number of aryl methyl sites for hydroxylation is 1. The lowest BCUT2D eigenvalue weighted by Crippen LogP contribution is -2.59. The standard InChI is InChI=1S/C40H35Cl2N5O4S/c1-24-20-29(36(43-21-24)46-22-40(23-46)15-18-51-19-16-40)37(48)44-26-12-10-25(11-13-26)39(50)47-17-14-28-33(42)35(38(49)45-31-8-4-3-7-30(31)41)52-34(28)27-6-2-5-9-32(27)47/h2-13,20-21H,14-19,22-23H2,1H3,(H,44,48)(H,45,49). The quantitative estimate of drug-likeness (QED) is 0.180. The van der Waals surface area contributed by atoms with Crippen LogP contribution in [0.15, 0.2) is 85.1 Å². The Kier molecular flexibility index (Phi) is 9.25. The summed E-state index contributed by atoms with van der Waals surface area (Å²) in [6.45, 7) is 5.57. The summed E-state index contributed by atoms with van der Waals surface area (Å²) < 4.78 is 5.57. The molecule has 52 heavy (non-hydrogen) atoms. The lowest BCUT2D eigenvalue weighted by atomic mass is 9.73. The topological polar surface area (TPSA) is 104 Å². The molecular weight excluding hydrogens is 717 g/mol. The first-order valence-electron chi connectivity index (χ1n) is 17.2. The van der Waals surface area contributed by atoms with Crippen molar-refractivity contribution in [3.63, 3.8) is 0 Å². The number of thiophene rings is 1. The maximum atomic E-state index is 14.1. The van der Waals surface area contributed by atoms with Crippen molar-refractivity contribution in [2.24, 2.45) is 5.41 Å². The number of carbonyl (C=O) groups is 3. The van der Waals surface area contributed by atoms with E-state index in [9.17, 15) is 14.4 Å². The molecule has 0 saturated carbocycles. The molecule has 0 radical (unpaired) electrons. The van der Waals surface area contributed by atoms with E-state index in [-0.39, 0.29) is 23.1 Å². The zero-order chi connectivity index (χ0) is 36.0. The van der Waals surface area contributed by atoms with Crippen molar-refractivity contribution < 1.29 is 19.1 Å². The number of carbonyl (C=O) groups excluding carboxylic acids is 3. The number of para-hydroxylation sites is 2. The molecule has 9 nitrogen and oxygen atoms in total. The van der Waals surface area contributed by atoms with E-state index < -0.39 is 0 Å². The van der Waals surface area contributed by atoms with E-state index in [2.05, 4.69) is 20.5 Å². The average molecular weight is 753 g/mol. The van der Waals surface area contributed by atoms with Crippen LogP contribution in [0.2, 0.25) is 10.0 Å². The smallest absolute Gasteiger partial charge is 0.267 e. The maximum Gasteiger partial charge on any atom is 0.267 e. The third-order valence-corrected chi connectivity index (χ3v) is 12.2. The van der Waals surface area contributed by atoms with Crippen molar-refractivity contribution in [1.29, 1.82) is 0 Å². The molecule has 2 saturated heterocycles. The molecular formula is C40H35Cl2N5O4S. The summed E-state index contributed by atoms with van der Waals surface area (Å²) in [5.74, 6) is -0.0812. The van der Waals surface area contributed by atoms with Crippen LogP contribution in [-0.4, -0.2) is 55.6 Å². The van der Waals surface area contributed by atoms with Gasteiger partial charge in [0.15, 0.2) is 0 Å². The van der Waals surface area contributed by atoms with Crippen molar-refractivity contribution >= 4 is 75.1 Å². The lowest BCUT2D eigenvalue weighted by molar-refractivity contribution is -0.000511. The molecule has 2 N–H and O–H groups in total. The monoisotopic (exact) mass is 751 g/mol. The summed E-state index contributed by atoms with van der Waals surface area (Å²) in [6, 6.07) is 23.5. The number of hydrogen-bond acceptors (Lipinski definition) is 7. The first-order chi connectivity index (χ1) is 25.2. The zero-order valence-corrected chi connectivity index (χ0v) is 30.7. The van der Waals surface area contributed by atoms with Crippen molar-refractivity contribution in [3.05, 3.63) is 122 Å². The molecule has 0 unspecified atom stereocenters. The van der Waals surface area contributed by atoms with Gasteiger partial charge in [-0.3, -0.25) is 14.4 Å². The summed E-state index contributed by atoms with van der Waals surface area (Å²) in [7, 11) is 0. The van der Waals surface area contributed by atoms with E-state index in [1.165, 1.54) is 11.3 Å². The minimum Gasteiger partial charge on any atom is -0.381 e. The van der Waals surface area contributed by atoms with Crippen molar-refractivity contribution in [2.75, 3.05) is 53.3 Å². The van der Waals surface area contributed by atoms with Gasteiger partial charge in [0.25, 0.3) is 17.7 Å². The second-order valence-electron chi connectivity index (χ2n) is 13.6. The van der Waals surface area contributed by atoms with Gasteiger partial charge in [-0.15, -0.1) is 11.3 Å². The molecule has 5 aromatic rings. The van der Waals surface area contributed by atoms with E-state index in [4.69, 9.17) is 27.9 Å². The molecule has 0 atom stereocenters. The molecule has 3 aromatic carbocycles. The highest BCUT2D eigenvalue weighted by Gasteiger charge is 2.45. The third kappa shape index (κ3) is 6.45. The minimum absolute atomic E-state index is 0.182. The Hall–Kier alpha value is -4.74. The largest absolute Gasteiger partial charge is 0.381 e. The second-order valence-corrected chi connectivity index (χ2v) is 15.4. The summed E-state index contributed by atoms with van der Waals surface area (Å²) >= 11 is 14.5. The van der Waals surface area contributed by atoms with E-state index in [1.807, 2.05) is 37.3 Å². The number of rotatable bonds is 6. The van der Waals surface area contributed by atoms with E-state index >= 15 is 0 Å². The summed E-state index contributed by atoms with van der Waals surface area (Å²) in [5, 5.41) is 6.69. The Morgan fingerprint density at radius 3 is 2.40 bits per heavy atom. The van der Waals surface area contributed by atoms with Gasteiger partial charge >= 0.3 is 0 Å². The Bertz CT molecular complexity index is 2210. The number of nitrogens with one attached hydrogen (secondary N) is 2. The fourth-order valence-electron chi connectivity index (χ4n) is 7.30. The van der Waals surface area contributed by atoms with E-state index in [0.717, 1.165) is 66.4 Å². The fraction of sp³-hybridized carbons (Fsp3) is 0.250. The first kappa shape index (κ1) is 34.4. The first-order valence-corrected chi connectivity index (χ1v) is 18.8. The molecule has 1 spiro atoms. The van der Waals surface area contributed by atoms with Crippen molar-refractivity contribution in [3.8, 4) is 10.4 Å². The predicted molar refractivity (Wildman–Crippen MR) is 208 cm³/mol. The molecule has 0 bridgehead atoms. The number of hydrogen-bond donors (Lipinski definition) is 2. The van der Waals surface area contributed by atoms with Crippen LogP contribution >= 0.6 is 34.5 Å². The molecule has 5 heterocycles. The molecule has 3 aliphatic heterocycles. The van der Waals surface area contributed by atoms with Gasteiger partial charge in [-0.05, 0) is 85.8 Å². The van der Waals surface area contributed by atoms with Gasteiger partial charge in [-0.25, -0.2) is 4.98 Å². The van der Waals surface area contributed by atoms with Gasteiger partial charge in [0.05, 0.1) is 27.0 Å². The van der Waals surface area contributed by atoms with Gasteiger partial charge in [-0.2, -0.15) is 0 Å². The SMILES string of the molecule is Cc1cnc(N2CC3(CCOCC3)C2)c(C(=O)Nc2ccc(C(=O)N3CCc4c(sc(C(=O)Nc5ccccc5Cl)c4Cl)-c4ccccc43)cc2)c1. The number of benzene rings is 3. The number of amides is 3. The molecule has 264 valence electrons. The normalized spacial score (nSPS) is 16.0. The summed E-state index contributed by atoms with van der Waals surface area (Å²) in [5.41, 5.74) is 5.60. The van der Waals surface area contributed by atoms with Gasteiger partial charge in [-0.1, -0.05) is 53.5 Å². The highest BCUT2D eigenvalue weighted by molar-refractivity contribution is 7.18. The maximum absolute atomic E-state index is 14.1. The number of halogens is 2. The molecule has 2 fully saturated rings. The molecule has 2 aromatic heterocycles. The Morgan fingerprint density at radius 2 is 1.63 bits per heavy atom. The molecule has 8 rings (SSSR count). The lowest BCUT2D eigenvalue weighted by Gasteiger charge is -2.53. The number of anilines is 4. The van der Waals surface area contributed by atoms with Crippen LogP contribution < -0.4 is 20.4 Å². The van der Waals surface area contributed by atoms with Gasteiger partial charge in [0, 0.05) is 66.2 Å². The van der Waals surface area contributed by atoms with E-state index in [0.29, 0.717) is 56.2 Å². The predicted octanol–water partition coefficient (Wildman–Crippen LogP) is 8.75. The van der Waals surface area contributed by atoms with Gasteiger partial charge in [0.2, 0.25) is 0 Å². The Balaban J connectivity index is 0.989. The minimum atomic E-state index is -0.340. The van der Waals surface area contributed by atoms with Gasteiger partial charge in [0.1, 0.15) is 10.7 Å². The highest BCUT2D eigenvalue weighted by atomic mass is 35.5. The number of aromatic nitrogens is 1. The summed E-state index contributed by atoms with van der Waals surface area (Å²) in [4.78, 5) is 50.8. The second kappa shape index (κ2) is 14.0. The van der Waals surface area contributed by atoms with Crippen LogP contribution in [0.3, 0.4) is 0 Å². The van der Waals surface area contributed by atoms with Crippen LogP contribution in [0.5, 0.6) is 0 Å². The molecule has 0 aliphatic carbocycles. The van der Waals surface area contributed by atoms with Crippen LogP contribution in [-0.2, 0) is 11.2 Å². The number of pyridine rings is 1. The number of fused-ring (bicyclic) bond motifs is 3.